The molecule has 1 N–H and O–H groups in total. The third-order valence-corrected chi connectivity index (χ3v) is 4.76. The summed E-state index contributed by atoms with van der Waals surface area (Å²) in [6.45, 7) is 11.2. The number of aromatic nitrogens is 1. The Morgan fingerprint density at radius 2 is 2.19 bits per heavy atom. The van der Waals surface area contributed by atoms with Crippen LogP contribution in [0.4, 0.5) is 5.82 Å². The SMILES string of the molecule is CC(C)NCc1ccc(N2CC3CCCN3CC2C)nc1. The molecule has 0 amide bonds. The normalized spacial score (nSPS) is 26.4. The Morgan fingerprint density at radius 1 is 1.33 bits per heavy atom. The van der Waals surface area contributed by atoms with Gasteiger partial charge < -0.3 is 10.2 Å². The van der Waals surface area contributed by atoms with Crippen molar-refractivity contribution in [3.8, 4) is 0 Å². The molecule has 2 atom stereocenters. The van der Waals surface area contributed by atoms with Crippen LogP contribution in [0.25, 0.3) is 0 Å². The van der Waals surface area contributed by atoms with E-state index in [9.17, 15) is 0 Å². The van der Waals surface area contributed by atoms with Crippen molar-refractivity contribution < 1.29 is 0 Å². The lowest BCUT2D eigenvalue weighted by Crippen LogP contribution is -2.55. The molecule has 3 heterocycles. The summed E-state index contributed by atoms with van der Waals surface area (Å²) in [5.41, 5.74) is 1.26. The lowest BCUT2D eigenvalue weighted by Gasteiger charge is -2.43. The largest absolute Gasteiger partial charge is 0.351 e. The van der Waals surface area contributed by atoms with E-state index in [1.165, 1.54) is 31.5 Å². The van der Waals surface area contributed by atoms with Gasteiger partial charge in [0.1, 0.15) is 5.82 Å². The predicted octanol–water partition coefficient (Wildman–Crippen LogP) is 2.25. The molecule has 2 aliphatic rings. The third-order valence-electron chi connectivity index (χ3n) is 4.76. The first-order chi connectivity index (χ1) is 10.1. The van der Waals surface area contributed by atoms with Gasteiger partial charge in [0.2, 0.25) is 0 Å². The zero-order valence-electron chi connectivity index (χ0n) is 13.5. The van der Waals surface area contributed by atoms with E-state index in [1.54, 1.807) is 0 Å². The summed E-state index contributed by atoms with van der Waals surface area (Å²) >= 11 is 0. The smallest absolute Gasteiger partial charge is 0.128 e. The number of pyridine rings is 1. The average Bonchev–Trinajstić information content (AvgIpc) is 2.92. The highest BCUT2D eigenvalue weighted by Crippen LogP contribution is 2.27. The molecule has 21 heavy (non-hydrogen) atoms. The van der Waals surface area contributed by atoms with E-state index in [4.69, 9.17) is 4.98 Å². The van der Waals surface area contributed by atoms with E-state index < -0.39 is 0 Å². The van der Waals surface area contributed by atoms with E-state index in [2.05, 4.69) is 48.0 Å². The zero-order chi connectivity index (χ0) is 14.8. The highest BCUT2D eigenvalue weighted by atomic mass is 15.3. The molecule has 0 aliphatic carbocycles. The van der Waals surface area contributed by atoms with Crippen molar-refractivity contribution in [2.24, 2.45) is 0 Å². The highest BCUT2D eigenvalue weighted by molar-refractivity contribution is 5.42. The molecule has 2 fully saturated rings. The molecule has 4 heteroatoms. The molecule has 2 aliphatic heterocycles. The van der Waals surface area contributed by atoms with Crippen LogP contribution in [0.1, 0.15) is 39.2 Å². The molecule has 0 radical (unpaired) electrons. The summed E-state index contributed by atoms with van der Waals surface area (Å²) in [4.78, 5) is 9.86. The number of nitrogens with zero attached hydrogens (tertiary/aromatic N) is 3. The summed E-state index contributed by atoms with van der Waals surface area (Å²) in [6, 6.07) is 6.22. The van der Waals surface area contributed by atoms with Crippen LogP contribution in [0, 0.1) is 0 Å². The van der Waals surface area contributed by atoms with E-state index in [-0.39, 0.29) is 0 Å². The van der Waals surface area contributed by atoms with E-state index in [0.717, 1.165) is 24.9 Å². The van der Waals surface area contributed by atoms with Crippen LogP contribution in [-0.4, -0.2) is 47.6 Å². The fourth-order valence-electron chi connectivity index (χ4n) is 3.52. The molecule has 2 saturated heterocycles. The average molecular weight is 288 g/mol. The van der Waals surface area contributed by atoms with Crippen molar-refractivity contribution in [3.05, 3.63) is 23.9 Å². The van der Waals surface area contributed by atoms with Gasteiger partial charge in [0.15, 0.2) is 0 Å². The maximum absolute atomic E-state index is 4.71. The molecule has 0 bridgehead atoms. The molecule has 3 rings (SSSR count). The fourth-order valence-corrected chi connectivity index (χ4v) is 3.52. The summed E-state index contributed by atoms with van der Waals surface area (Å²) < 4.78 is 0. The van der Waals surface area contributed by atoms with Gasteiger partial charge in [-0.3, -0.25) is 4.90 Å². The van der Waals surface area contributed by atoms with Crippen molar-refractivity contribution in [1.29, 1.82) is 0 Å². The number of anilines is 1. The van der Waals surface area contributed by atoms with Crippen LogP contribution < -0.4 is 10.2 Å². The second-order valence-electron chi connectivity index (χ2n) is 6.85. The van der Waals surface area contributed by atoms with Crippen LogP contribution in [0.3, 0.4) is 0 Å². The van der Waals surface area contributed by atoms with Gasteiger partial charge in [-0.25, -0.2) is 4.98 Å². The molecule has 0 aromatic carbocycles. The van der Waals surface area contributed by atoms with Gasteiger partial charge in [0.25, 0.3) is 0 Å². The Balaban J connectivity index is 1.65. The van der Waals surface area contributed by atoms with Gasteiger partial charge in [0.05, 0.1) is 0 Å². The van der Waals surface area contributed by atoms with Gasteiger partial charge in [-0.15, -0.1) is 0 Å². The summed E-state index contributed by atoms with van der Waals surface area (Å²) in [6.07, 6.45) is 4.73. The van der Waals surface area contributed by atoms with Gasteiger partial charge in [-0.1, -0.05) is 19.9 Å². The van der Waals surface area contributed by atoms with Gasteiger partial charge in [0, 0.05) is 44.0 Å². The first kappa shape index (κ1) is 14.8. The predicted molar refractivity (Wildman–Crippen MR) is 87.6 cm³/mol. The zero-order valence-corrected chi connectivity index (χ0v) is 13.5. The first-order valence-corrected chi connectivity index (χ1v) is 8.32. The Labute approximate surface area is 128 Å². The number of hydrogen-bond donors (Lipinski definition) is 1. The monoisotopic (exact) mass is 288 g/mol. The van der Waals surface area contributed by atoms with Gasteiger partial charge >= 0.3 is 0 Å². The van der Waals surface area contributed by atoms with E-state index >= 15 is 0 Å². The second kappa shape index (κ2) is 6.32. The van der Waals surface area contributed by atoms with Gasteiger partial charge in [-0.2, -0.15) is 0 Å². The number of hydrogen-bond acceptors (Lipinski definition) is 4. The molecule has 1 aromatic rings. The summed E-state index contributed by atoms with van der Waals surface area (Å²) in [5.74, 6) is 1.14. The number of rotatable bonds is 4. The minimum Gasteiger partial charge on any atom is -0.351 e. The Bertz CT molecular complexity index is 456. The maximum Gasteiger partial charge on any atom is 0.128 e. The van der Waals surface area contributed by atoms with Crippen molar-refractivity contribution in [2.45, 2.75) is 58.3 Å². The number of nitrogens with one attached hydrogen (secondary N) is 1. The summed E-state index contributed by atoms with van der Waals surface area (Å²) in [7, 11) is 0. The molecule has 116 valence electrons. The van der Waals surface area contributed by atoms with Crippen molar-refractivity contribution in [3.63, 3.8) is 0 Å². The molecular weight excluding hydrogens is 260 g/mol. The Hall–Kier alpha value is -1.13. The maximum atomic E-state index is 4.71. The van der Waals surface area contributed by atoms with Crippen molar-refractivity contribution >= 4 is 5.82 Å². The van der Waals surface area contributed by atoms with Crippen LogP contribution >= 0.6 is 0 Å². The van der Waals surface area contributed by atoms with Crippen LogP contribution in [-0.2, 0) is 6.54 Å². The van der Waals surface area contributed by atoms with Crippen LogP contribution in [0.15, 0.2) is 18.3 Å². The van der Waals surface area contributed by atoms with E-state index in [0.29, 0.717) is 12.1 Å². The standard InChI is InChI=1S/C17H28N4/c1-13(2)18-9-15-6-7-17(19-10-15)21-12-16-5-4-8-20(16)11-14(21)3/h6-7,10,13-14,16,18H,4-5,8-9,11-12H2,1-3H3. The topological polar surface area (TPSA) is 31.4 Å². The van der Waals surface area contributed by atoms with Crippen LogP contribution in [0.2, 0.25) is 0 Å². The molecule has 4 nitrogen and oxygen atoms in total. The first-order valence-electron chi connectivity index (χ1n) is 8.32. The summed E-state index contributed by atoms with van der Waals surface area (Å²) in [5, 5.41) is 3.44. The molecule has 2 unspecified atom stereocenters. The van der Waals surface area contributed by atoms with E-state index in [1.807, 2.05) is 6.20 Å². The molecular formula is C17H28N4. The van der Waals surface area contributed by atoms with Crippen molar-refractivity contribution in [2.75, 3.05) is 24.5 Å². The minimum absolute atomic E-state index is 0.514. The molecule has 0 saturated carbocycles. The highest BCUT2D eigenvalue weighted by Gasteiger charge is 2.34. The number of piperazine rings is 1. The lowest BCUT2D eigenvalue weighted by atomic mass is 10.1. The second-order valence-corrected chi connectivity index (χ2v) is 6.85. The van der Waals surface area contributed by atoms with Gasteiger partial charge in [-0.05, 0) is 37.9 Å². The minimum atomic E-state index is 0.514. The fraction of sp³-hybridized carbons (Fsp3) is 0.706. The quantitative estimate of drug-likeness (QED) is 0.921. The Morgan fingerprint density at radius 3 is 2.90 bits per heavy atom. The molecule has 0 spiro atoms. The molecule has 1 aromatic heterocycles. The third kappa shape index (κ3) is 3.38. The number of fused-ring (bicyclic) bond motifs is 1. The Kier molecular flexibility index (Phi) is 4.45. The van der Waals surface area contributed by atoms with Crippen molar-refractivity contribution in [1.82, 2.24) is 15.2 Å². The van der Waals surface area contributed by atoms with Crippen LogP contribution in [0.5, 0.6) is 0 Å². The lowest BCUT2D eigenvalue weighted by molar-refractivity contribution is 0.202.